The van der Waals surface area contributed by atoms with Gasteiger partial charge in [0.2, 0.25) is 0 Å². The fourth-order valence-corrected chi connectivity index (χ4v) is 3.71. The molecule has 1 aliphatic heterocycles. The van der Waals surface area contributed by atoms with Crippen LogP contribution in [0.25, 0.3) is 0 Å². The van der Waals surface area contributed by atoms with Crippen molar-refractivity contribution in [2.24, 2.45) is 0 Å². The van der Waals surface area contributed by atoms with Gasteiger partial charge in [-0.25, -0.2) is 4.72 Å². The van der Waals surface area contributed by atoms with E-state index in [-0.39, 0.29) is 12.1 Å². The maximum Gasteiger partial charge on any atom is 0.279 e. The average molecular weight is 249 g/mol. The van der Waals surface area contributed by atoms with Crippen molar-refractivity contribution in [2.75, 3.05) is 20.1 Å². The van der Waals surface area contributed by atoms with E-state index in [1.807, 2.05) is 0 Å². The monoisotopic (exact) mass is 249 g/mol. The maximum atomic E-state index is 11.7. The van der Waals surface area contributed by atoms with Gasteiger partial charge in [0.25, 0.3) is 10.2 Å². The molecule has 0 spiro atoms. The van der Waals surface area contributed by atoms with E-state index in [2.05, 4.69) is 37.3 Å². The Morgan fingerprint density at radius 1 is 1.19 bits per heavy atom. The molecule has 1 N–H and O–H groups in total. The summed E-state index contributed by atoms with van der Waals surface area (Å²) in [7, 11) is -1.82. The molecule has 0 amide bonds. The van der Waals surface area contributed by atoms with Crippen LogP contribution in [0.4, 0.5) is 0 Å². The summed E-state index contributed by atoms with van der Waals surface area (Å²) in [5.74, 6) is 0. The molecule has 0 radical (unpaired) electrons. The normalized spacial score (nSPS) is 29.9. The van der Waals surface area contributed by atoms with E-state index in [1.165, 1.54) is 11.4 Å². The van der Waals surface area contributed by atoms with Gasteiger partial charge in [-0.1, -0.05) is 0 Å². The smallest absolute Gasteiger partial charge is 0.279 e. The highest BCUT2D eigenvalue weighted by molar-refractivity contribution is 7.87. The molecule has 0 saturated carbocycles. The lowest BCUT2D eigenvalue weighted by Gasteiger charge is -2.45. The lowest BCUT2D eigenvalue weighted by Crippen LogP contribution is -2.61. The highest BCUT2D eigenvalue weighted by Gasteiger charge is 2.35. The number of hydrogen-bond donors (Lipinski definition) is 1. The molecule has 1 fully saturated rings. The summed E-state index contributed by atoms with van der Waals surface area (Å²) >= 11 is 0. The largest absolute Gasteiger partial charge is 0.293 e. The third-order valence-corrected chi connectivity index (χ3v) is 4.64. The first-order valence-electron chi connectivity index (χ1n) is 5.75. The fourth-order valence-electron chi connectivity index (χ4n) is 2.63. The first-order valence-corrected chi connectivity index (χ1v) is 7.19. The number of nitrogens with zero attached hydrogens (tertiary/aromatic N) is 2. The molecule has 0 aliphatic carbocycles. The number of rotatable bonds is 3. The molecule has 96 valence electrons. The van der Waals surface area contributed by atoms with Gasteiger partial charge in [0.15, 0.2) is 0 Å². The number of nitrogens with one attached hydrogen (secondary N) is 1. The zero-order chi connectivity index (χ0) is 12.5. The van der Waals surface area contributed by atoms with Crippen molar-refractivity contribution in [3.8, 4) is 0 Å². The summed E-state index contributed by atoms with van der Waals surface area (Å²) in [4.78, 5) is 2.36. The van der Waals surface area contributed by atoms with E-state index >= 15 is 0 Å². The van der Waals surface area contributed by atoms with Gasteiger partial charge in [-0.05, 0) is 27.7 Å². The highest BCUT2D eigenvalue weighted by atomic mass is 32.2. The Balaban J connectivity index is 2.81. The van der Waals surface area contributed by atoms with Crippen LogP contribution in [0.1, 0.15) is 27.7 Å². The van der Waals surface area contributed by atoms with Gasteiger partial charge in [0, 0.05) is 38.3 Å². The van der Waals surface area contributed by atoms with E-state index in [4.69, 9.17) is 0 Å². The van der Waals surface area contributed by atoms with Gasteiger partial charge >= 0.3 is 0 Å². The average Bonchev–Trinajstić information content (AvgIpc) is 2.15. The van der Waals surface area contributed by atoms with Crippen LogP contribution in [0.5, 0.6) is 0 Å². The van der Waals surface area contributed by atoms with Crippen molar-refractivity contribution in [3.05, 3.63) is 0 Å². The Bertz CT molecular complexity index is 317. The Morgan fingerprint density at radius 3 is 1.94 bits per heavy atom. The molecule has 0 aromatic carbocycles. The Morgan fingerprint density at radius 2 is 1.62 bits per heavy atom. The Kier molecular flexibility index (Phi) is 4.34. The molecule has 5 nitrogen and oxygen atoms in total. The fraction of sp³-hybridized carbons (Fsp3) is 1.00. The maximum absolute atomic E-state index is 11.7. The lowest BCUT2D eigenvalue weighted by atomic mass is 10.1. The van der Waals surface area contributed by atoms with Crippen molar-refractivity contribution in [1.29, 1.82) is 0 Å². The zero-order valence-corrected chi connectivity index (χ0v) is 11.6. The standard InChI is InChI=1S/C10H23N3O2S/c1-8(2)13-9(3)6-12(7-10(13)4)16(14,15)11-5/h8-11H,6-7H2,1-5H3/t9-,10+. The molecule has 1 saturated heterocycles. The predicted octanol–water partition coefficient (Wildman–Crippen LogP) is 0.254. The van der Waals surface area contributed by atoms with Crippen molar-refractivity contribution >= 4 is 10.2 Å². The van der Waals surface area contributed by atoms with Gasteiger partial charge < -0.3 is 0 Å². The van der Waals surface area contributed by atoms with Crippen LogP contribution >= 0.6 is 0 Å². The zero-order valence-electron chi connectivity index (χ0n) is 10.8. The second-order valence-electron chi connectivity index (χ2n) is 4.77. The minimum absolute atomic E-state index is 0.256. The van der Waals surface area contributed by atoms with E-state index in [1.54, 1.807) is 0 Å². The minimum Gasteiger partial charge on any atom is -0.293 e. The van der Waals surface area contributed by atoms with Gasteiger partial charge in [-0.2, -0.15) is 12.7 Å². The molecule has 0 bridgehead atoms. The number of hydrogen-bond acceptors (Lipinski definition) is 3. The minimum atomic E-state index is -3.28. The van der Waals surface area contributed by atoms with Gasteiger partial charge in [0.1, 0.15) is 0 Å². The second-order valence-corrected chi connectivity index (χ2v) is 6.64. The van der Waals surface area contributed by atoms with E-state index < -0.39 is 10.2 Å². The number of piperazine rings is 1. The molecular formula is C10H23N3O2S. The Labute approximate surface area is 99.0 Å². The quantitative estimate of drug-likeness (QED) is 0.780. The summed E-state index contributed by atoms with van der Waals surface area (Å²) in [6.07, 6.45) is 0. The van der Waals surface area contributed by atoms with Crippen LogP contribution in [0, 0.1) is 0 Å². The molecule has 0 aromatic heterocycles. The molecule has 1 rings (SSSR count). The summed E-state index contributed by atoms with van der Waals surface area (Å²) in [5, 5.41) is 0. The van der Waals surface area contributed by atoms with Gasteiger partial charge in [-0.3, -0.25) is 4.90 Å². The van der Waals surface area contributed by atoms with Crippen LogP contribution in [-0.4, -0.2) is 55.9 Å². The van der Waals surface area contributed by atoms with Crippen molar-refractivity contribution in [1.82, 2.24) is 13.9 Å². The van der Waals surface area contributed by atoms with Gasteiger partial charge in [0.05, 0.1) is 0 Å². The molecule has 1 heterocycles. The first-order chi connectivity index (χ1) is 7.29. The Hall–Kier alpha value is -0.170. The van der Waals surface area contributed by atoms with Gasteiger partial charge in [-0.15, -0.1) is 0 Å². The van der Waals surface area contributed by atoms with Crippen LogP contribution in [-0.2, 0) is 10.2 Å². The summed E-state index contributed by atoms with van der Waals surface area (Å²) < 4.78 is 27.3. The topological polar surface area (TPSA) is 52.7 Å². The van der Waals surface area contributed by atoms with Crippen LogP contribution in [0.3, 0.4) is 0 Å². The molecule has 2 atom stereocenters. The van der Waals surface area contributed by atoms with Crippen molar-refractivity contribution < 1.29 is 8.42 Å². The molecule has 16 heavy (non-hydrogen) atoms. The van der Waals surface area contributed by atoms with Crippen molar-refractivity contribution in [2.45, 2.75) is 45.8 Å². The summed E-state index contributed by atoms with van der Waals surface area (Å²) in [6, 6.07) is 0.961. The molecular weight excluding hydrogens is 226 g/mol. The SMILES string of the molecule is CNS(=O)(=O)N1C[C@@H](C)N(C(C)C)[C@@H](C)C1. The predicted molar refractivity (Wildman–Crippen MR) is 65.5 cm³/mol. The van der Waals surface area contributed by atoms with E-state index in [9.17, 15) is 8.42 Å². The lowest BCUT2D eigenvalue weighted by molar-refractivity contribution is 0.0487. The molecule has 6 heteroatoms. The summed E-state index contributed by atoms with van der Waals surface area (Å²) in [6.45, 7) is 9.57. The van der Waals surface area contributed by atoms with Crippen LogP contribution < -0.4 is 4.72 Å². The van der Waals surface area contributed by atoms with E-state index in [0.717, 1.165) is 0 Å². The highest BCUT2D eigenvalue weighted by Crippen LogP contribution is 2.20. The first kappa shape index (κ1) is 13.9. The molecule has 0 aromatic rings. The van der Waals surface area contributed by atoms with Crippen LogP contribution in [0.15, 0.2) is 0 Å². The summed E-state index contributed by atoms with van der Waals surface area (Å²) in [5.41, 5.74) is 0. The third kappa shape index (κ3) is 2.74. The molecule has 0 unspecified atom stereocenters. The third-order valence-electron chi connectivity index (χ3n) is 3.15. The second kappa shape index (κ2) is 5.00. The van der Waals surface area contributed by atoms with Crippen LogP contribution in [0.2, 0.25) is 0 Å². The van der Waals surface area contributed by atoms with E-state index in [0.29, 0.717) is 19.1 Å². The molecule has 1 aliphatic rings. The van der Waals surface area contributed by atoms with Crippen molar-refractivity contribution in [3.63, 3.8) is 0 Å².